The maximum Gasteiger partial charge on any atom is 0.339 e. The molecule has 0 atom stereocenters. The predicted molar refractivity (Wildman–Crippen MR) is 83.7 cm³/mol. The summed E-state index contributed by atoms with van der Waals surface area (Å²) in [4.78, 5) is 21.5. The molecule has 0 aliphatic heterocycles. The van der Waals surface area contributed by atoms with Gasteiger partial charge in [0.2, 0.25) is 0 Å². The van der Waals surface area contributed by atoms with Crippen molar-refractivity contribution >= 4 is 11.9 Å². The first-order chi connectivity index (χ1) is 11.0. The minimum absolute atomic E-state index is 0.0671. The Morgan fingerprint density at radius 3 is 2.09 bits per heavy atom. The lowest BCUT2D eigenvalue weighted by Gasteiger charge is -2.02. The molecule has 0 aliphatic carbocycles. The summed E-state index contributed by atoms with van der Waals surface area (Å²) >= 11 is 0. The molecule has 0 heterocycles. The Bertz CT molecular complexity index is 648. The predicted octanol–water partition coefficient (Wildman–Crippen LogP) is 3.05. The smallest absolute Gasteiger partial charge is 0.339 e. The van der Waals surface area contributed by atoms with Gasteiger partial charge in [0.15, 0.2) is 0 Å². The van der Waals surface area contributed by atoms with Crippen molar-refractivity contribution in [1.82, 2.24) is 0 Å². The molecule has 23 heavy (non-hydrogen) atoms. The zero-order valence-electron chi connectivity index (χ0n) is 12.6. The molecule has 0 fully saturated rings. The van der Waals surface area contributed by atoms with Crippen molar-refractivity contribution in [1.29, 1.82) is 0 Å². The van der Waals surface area contributed by atoms with Crippen LogP contribution in [0.25, 0.3) is 0 Å². The third kappa shape index (κ3) is 6.09. The average molecular weight is 318 g/mol. The van der Waals surface area contributed by atoms with Gasteiger partial charge in [-0.1, -0.05) is 19.1 Å². The topological polar surface area (TPSA) is 104 Å². The van der Waals surface area contributed by atoms with Crippen LogP contribution in [0.4, 0.5) is 0 Å². The lowest BCUT2D eigenvalue weighted by molar-refractivity contribution is 0.0504. The van der Waals surface area contributed by atoms with Gasteiger partial charge in [0.25, 0.3) is 0 Å². The van der Waals surface area contributed by atoms with Crippen LogP contribution in [-0.2, 0) is 4.74 Å². The minimum Gasteiger partial charge on any atom is -0.508 e. The van der Waals surface area contributed by atoms with E-state index in [1.165, 1.54) is 36.4 Å². The first-order valence-corrected chi connectivity index (χ1v) is 6.93. The van der Waals surface area contributed by atoms with Crippen molar-refractivity contribution in [3.8, 4) is 11.5 Å². The standard InChI is InChI=1S/C10H12O3.C7H6O3/c1-2-7-13-10(12)8-3-5-9(11)6-4-8;8-6-4-2-1-3-5(6)7(9)10/h3-6,11H,2,7H2,1H3;1-4,8H,(H,9,10). The van der Waals surface area contributed by atoms with Gasteiger partial charge in [-0.15, -0.1) is 0 Å². The van der Waals surface area contributed by atoms with E-state index in [1.54, 1.807) is 12.1 Å². The molecule has 122 valence electrons. The number of aromatic carboxylic acids is 1. The fourth-order valence-corrected chi connectivity index (χ4v) is 1.53. The number of aromatic hydroxyl groups is 2. The van der Waals surface area contributed by atoms with E-state index in [2.05, 4.69) is 0 Å². The monoisotopic (exact) mass is 318 g/mol. The first kappa shape index (κ1) is 18.0. The largest absolute Gasteiger partial charge is 0.508 e. The van der Waals surface area contributed by atoms with E-state index in [4.69, 9.17) is 20.1 Å². The van der Waals surface area contributed by atoms with E-state index in [-0.39, 0.29) is 23.0 Å². The van der Waals surface area contributed by atoms with Gasteiger partial charge < -0.3 is 20.1 Å². The number of carboxylic acid groups (broad SMARTS) is 1. The lowest BCUT2D eigenvalue weighted by atomic mass is 10.2. The highest BCUT2D eigenvalue weighted by atomic mass is 16.5. The number of esters is 1. The van der Waals surface area contributed by atoms with Gasteiger partial charge in [0, 0.05) is 0 Å². The van der Waals surface area contributed by atoms with Crippen LogP contribution in [0.3, 0.4) is 0 Å². The Morgan fingerprint density at radius 2 is 1.61 bits per heavy atom. The summed E-state index contributed by atoms with van der Waals surface area (Å²) in [6.07, 6.45) is 0.809. The summed E-state index contributed by atoms with van der Waals surface area (Å²) in [6.45, 7) is 2.36. The molecule has 0 saturated carbocycles. The third-order valence-corrected chi connectivity index (χ3v) is 2.67. The van der Waals surface area contributed by atoms with Gasteiger partial charge in [0.1, 0.15) is 17.1 Å². The Labute approximate surface area is 133 Å². The molecule has 6 nitrogen and oxygen atoms in total. The molecule has 0 bridgehead atoms. The van der Waals surface area contributed by atoms with Crippen molar-refractivity contribution in [2.75, 3.05) is 6.61 Å². The van der Waals surface area contributed by atoms with E-state index < -0.39 is 5.97 Å². The van der Waals surface area contributed by atoms with Gasteiger partial charge >= 0.3 is 11.9 Å². The quantitative estimate of drug-likeness (QED) is 0.748. The second-order valence-electron chi connectivity index (χ2n) is 4.51. The van der Waals surface area contributed by atoms with Crippen LogP contribution < -0.4 is 0 Å². The minimum atomic E-state index is -1.11. The molecule has 0 spiro atoms. The number of para-hydroxylation sites is 1. The molecular weight excluding hydrogens is 300 g/mol. The van der Waals surface area contributed by atoms with E-state index in [9.17, 15) is 9.59 Å². The van der Waals surface area contributed by atoms with Gasteiger partial charge in [-0.2, -0.15) is 0 Å². The van der Waals surface area contributed by atoms with E-state index in [0.717, 1.165) is 6.42 Å². The SMILES string of the molecule is CCCOC(=O)c1ccc(O)cc1.O=C(O)c1ccccc1O. The molecule has 3 N–H and O–H groups in total. The summed E-state index contributed by atoms with van der Waals surface area (Å²) in [6, 6.07) is 11.8. The summed E-state index contributed by atoms with van der Waals surface area (Å²) in [5, 5.41) is 26.3. The molecule has 0 aliphatic rings. The number of phenols is 2. The van der Waals surface area contributed by atoms with Gasteiger partial charge in [0.05, 0.1) is 12.2 Å². The van der Waals surface area contributed by atoms with Crippen LogP contribution in [0.15, 0.2) is 48.5 Å². The van der Waals surface area contributed by atoms with E-state index >= 15 is 0 Å². The Kier molecular flexibility index (Phi) is 7.13. The molecule has 2 aromatic carbocycles. The fourth-order valence-electron chi connectivity index (χ4n) is 1.53. The number of rotatable bonds is 4. The number of carbonyl (C=O) groups is 2. The zero-order valence-corrected chi connectivity index (χ0v) is 12.6. The highest BCUT2D eigenvalue weighted by molar-refractivity contribution is 5.90. The molecule has 2 rings (SSSR count). The molecule has 0 aromatic heterocycles. The van der Waals surface area contributed by atoms with Crippen molar-refractivity contribution in [2.24, 2.45) is 0 Å². The number of benzene rings is 2. The highest BCUT2D eigenvalue weighted by Gasteiger charge is 2.06. The third-order valence-electron chi connectivity index (χ3n) is 2.67. The summed E-state index contributed by atoms with van der Waals surface area (Å²) in [7, 11) is 0. The molecule has 0 unspecified atom stereocenters. The fraction of sp³-hybridized carbons (Fsp3) is 0.176. The van der Waals surface area contributed by atoms with Crippen LogP contribution in [-0.4, -0.2) is 33.9 Å². The van der Waals surface area contributed by atoms with Gasteiger partial charge in [-0.05, 0) is 42.8 Å². The summed E-state index contributed by atoms with van der Waals surface area (Å²) < 4.78 is 4.90. The number of carboxylic acids is 1. The van der Waals surface area contributed by atoms with Crippen LogP contribution >= 0.6 is 0 Å². The van der Waals surface area contributed by atoms with Crippen molar-refractivity contribution < 1.29 is 29.6 Å². The number of hydrogen-bond acceptors (Lipinski definition) is 5. The second-order valence-corrected chi connectivity index (χ2v) is 4.51. The number of phenolic OH excluding ortho intramolecular Hbond substituents is 1. The van der Waals surface area contributed by atoms with Crippen molar-refractivity contribution in [2.45, 2.75) is 13.3 Å². The van der Waals surface area contributed by atoms with Crippen molar-refractivity contribution in [3.63, 3.8) is 0 Å². The molecule has 0 saturated heterocycles. The van der Waals surface area contributed by atoms with Crippen LogP contribution in [0.5, 0.6) is 11.5 Å². The van der Waals surface area contributed by atoms with Gasteiger partial charge in [-0.3, -0.25) is 0 Å². The second kappa shape index (κ2) is 9.09. The number of ether oxygens (including phenoxy) is 1. The van der Waals surface area contributed by atoms with Crippen molar-refractivity contribution in [3.05, 3.63) is 59.7 Å². The van der Waals surface area contributed by atoms with Crippen LogP contribution in [0.1, 0.15) is 34.1 Å². The Hall–Kier alpha value is -3.02. The number of carbonyl (C=O) groups excluding carboxylic acids is 1. The average Bonchev–Trinajstić information content (AvgIpc) is 2.54. The van der Waals surface area contributed by atoms with E-state index in [0.29, 0.717) is 12.2 Å². The van der Waals surface area contributed by atoms with Crippen LogP contribution in [0.2, 0.25) is 0 Å². The molecule has 6 heteroatoms. The molecule has 0 amide bonds. The molecule has 0 radical (unpaired) electrons. The maximum absolute atomic E-state index is 11.2. The molecule has 2 aromatic rings. The maximum atomic E-state index is 11.2. The van der Waals surface area contributed by atoms with Crippen LogP contribution in [0, 0.1) is 0 Å². The lowest BCUT2D eigenvalue weighted by Crippen LogP contribution is -2.05. The number of hydrogen-bond donors (Lipinski definition) is 3. The van der Waals surface area contributed by atoms with Gasteiger partial charge in [-0.25, -0.2) is 9.59 Å². The Balaban J connectivity index is 0.000000238. The summed E-state index contributed by atoms with van der Waals surface area (Å²) in [5.41, 5.74) is 0.397. The zero-order chi connectivity index (χ0) is 17.2. The summed E-state index contributed by atoms with van der Waals surface area (Å²) in [5.74, 6) is -1.51. The molecular formula is C17H18O6. The van der Waals surface area contributed by atoms with E-state index in [1.807, 2.05) is 6.92 Å². The normalized spacial score (nSPS) is 9.43. The highest BCUT2D eigenvalue weighted by Crippen LogP contribution is 2.14. The Morgan fingerprint density at radius 1 is 1.00 bits per heavy atom. The first-order valence-electron chi connectivity index (χ1n) is 6.93.